The predicted octanol–water partition coefficient (Wildman–Crippen LogP) is 1.48. The third-order valence-electron chi connectivity index (χ3n) is 4.52. The van der Waals surface area contributed by atoms with E-state index < -0.39 is 5.79 Å². The lowest BCUT2D eigenvalue weighted by Gasteiger charge is -2.37. The lowest BCUT2D eigenvalue weighted by atomic mass is 10.0. The van der Waals surface area contributed by atoms with Crippen LogP contribution in [-0.4, -0.2) is 63.7 Å². The van der Waals surface area contributed by atoms with Gasteiger partial charge in [-0.15, -0.1) is 0 Å². The molecule has 2 heterocycles. The average Bonchev–Trinajstić information content (AvgIpc) is 3.08. The highest BCUT2D eigenvalue weighted by Gasteiger charge is 2.40. The van der Waals surface area contributed by atoms with Crippen molar-refractivity contribution in [3.63, 3.8) is 0 Å². The third-order valence-corrected chi connectivity index (χ3v) is 4.52. The van der Waals surface area contributed by atoms with Crippen molar-refractivity contribution in [3.8, 4) is 11.5 Å². The van der Waals surface area contributed by atoms with Gasteiger partial charge >= 0.3 is 0 Å². The van der Waals surface area contributed by atoms with Crippen LogP contribution in [0.25, 0.3) is 0 Å². The molecular weight excluding hydrogens is 312 g/mol. The molecule has 1 spiro atoms. The van der Waals surface area contributed by atoms with Crippen LogP contribution in [0.15, 0.2) is 18.2 Å². The minimum Gasteiger partial charge on any atom is -0.493 e. The van der Waals surface area contributed by atoms with Gasteiger partial charge < -0.3 is 29.2 Å². The summed E-state index contributed by atoms with van der Waals surface area (Å²) in [5.41, 5.74) is 0.817. The number of carbonyl (C=O) groups is 1. The third kappa shape index (κ3) is 3.57. The molecule has 2 aliphatic heterocycles. The van der Waals surface area contributed by atoms with Gasteiger partial charge in [0.05, 0.1) is 34.0 Å². The van der Waals surface area contributed by atoms with Crippen molar-refractivity contribution in [2.24, 2.45) is 0 Å². The molecular formula is C17H24N2O5. The van der Waals surface area contributed by atoms with E-state index in [-0.39, 0.29) is 12.5 Å². The van der Waals surface area contributed by atoms with E-state index in [9.17, 15) is 4.79 Å². The summed E-state index contributed by atoms with van der Waals surface area (Å²) in [6.07, 6.45) is 1.46. The first-order chi connectivity index (χ1) is 11.7. The number of nitrogens with zero attached hydrogens (tertiary/aromatic N) is 1. The van der Waals surface area contributed by atoms with Gasteiger partial charge in [-0.2, -0.15) is 0 Å². The fourth-order valence-corrected chi connectivity index (χ4v) is 3.12. The van der Waals surface area contributed by atoms with E-state index in [0.29, 0.717) is 37.8 Å². The number of methoxy groups -OCH3 is 2. The minimum absolute atomic E-state index is 0.0673. The molecule has 1 aromatic carbocycles. The predicted molar refractivity (Wildman–Crippen MR) is 88.5 cm³/mol. The Balaban J connectivity index is 1.51. The van der Waals surface area contributed by atoms with Crippen molar-refractivity contribution < 1.29 is 23.7 Å². The molecule has 2 aliphatic rings. The van der Waals surface area contributed by atoms with Gasteiger partial charge in [0, 0.05) is 37.7 Å². The van der Waals surface area contributed by atoms with Gasteiger partial charge in [0.15, 0.2) is 17.3 Å². The van der Waals surface area contributed by atoms with Crippen LogP contribution < -0.4 is 14.8 Å². The fourth-order valence-electron chi connectivity index (χ4n) is 3.12. The number of anilines is 1. The van der Waals surface area contributed by atoms with Crippen molar-refractivity contribution in [2.75, 3.05) is 52.4 Å². The molecule has 2 fully saturated rings. The molecule has 1 amide bonds. The zero-order valence-electron chi connectivity index (χ0n) is 14.2. The van der Waals surface area contributed by atoms with E-state index in [1.807, 2.05) is 23.1 Å². The molecule has 0 unspecified atom stereocenters. The molecule has 0 radical (unpaired) electrons. The Labute approximate surface area is 141 Å². The lowest BCUT2D eigenvalue weighted by Crippen LogP contribution is -2.48. The molecule has 0 bridgehead atoms. The van der Waals surface area contributed by atoms with Gasteiger partial charge in [0.1, 0.15) is 0 Å². The summed E-state index contributed by atoms with van der Waals surface area (Å²) in [6.45, 7) is 2.85. The number of hydrogen-bond donors (Lipinski definition) is 1. The second-order valence-electron chi connectivity index (χ2n) is 5.91. The average molecular weight is 336 g/mol. The van der Waals surface area contributed by atoms with Gasteiger partial charge in [-0.05, 0) is 12.1 Å². The Hall–Kier alpha value is -1.99. The Kier molecular flexibility index (Phi) is 5.11. The van der Waals surface area contributed by atoms with Crippen molar-refractivity contribution in [2.45, 2.75) is 18.6 Å². The molecule has 7 heteroatoms. The highest BCUT2D eigenvalue weighted by Crippen LogP contribution is 2.32. The number of hydrogen-bond acceptors (Lipinski definition) is 6. The van der Waals surface area contributed by atoms with Crippen molar-refractivity contribution >= 4 is 11.6 Å². The summed E-state index contributed by atoms with van der Waals surface area (Å²) >= 11 is 0. The standard InChI is InChI=1S/C17H24N2O5/c1-21-14-4-3-13(11-15(14)22-2)18-12-16(20)19-7-5-17(6-8-19)23-9-10-24-17/h3-4,11,18H,5-10,12H2,1-2H3. The lowest BCUT2D eigenvalue weighted by molar-refractivity contribution is -0.187. The first kappa shape index (κ1) is 16.9. The smallest absolute Gasteiger partial charge is 0.241 e. The van der Waals surface area contributed by atoms with Crippen molar-refractivity contribution in [1.29, 1.82) is 0 Å². The largest absolute Gasteiger partial charge is 0.493 e. The molecule has 1 aromatic rings. The van der Waals surface area contributed by atoms with Crippen LogP contribution in [0.5, 0.6) is 11.5 Å². The summed E-state index contributed by atoms with van der Waals surface area (Å²) in [6, 6.07) is 5.49. The molecule has 7 nitrogen and oxygen atoms in total. The van der Waals surface area contributed by atoms with Crippen LogP contribution in [0.2, 0.25) is 0 Å². The maximum atomic E-state index is 12.4. The molecule has 24 heavy (non-hydrogen) atoms. The van der Waals surface area contributed by atoms with E-state index in [1.54, 1.807) is 14.2 Å². The Morgan fingerprint density at radius 1 is 1.17 bits per heavy atom. The summed E-state index contributed by atoms with van der Waals surface area (Å²) < 4.78 is 21.8. The molecule has 0 atom stereocenters. The Morgan fingerprint density at radius 2 is 1.83 bits per heavy atom. The summed E-state index contributed by atoms with van der Waals surface area (Å²) in [7, 11) is 3.18. The SMILES string of the molecule is COc1ccc(NCC(=O)N2CCC3(CC2)OCCO3)cc1OC. The summed E-state index contributed by atoms with van der Waals surface area (Å²) in [4.78, 5) is 14.2. The molecule has 0 aromatic heterocycles. The first-order valence-electron chi connectivity index (χ1n) is 8.17. The number of likely N-dealkylation sites (tertiary alicyclic amines) is 1. The second-order valence-corrected chi connectivity index (χ2v) is 5.91. The second kappa shape index (κ2) is 7.27. The van der Waals surface area contributed by atoms with E-state index in [2.05, 4.69) is 5.32 Å². The van der Waals surface area contributed by atoms with Crippen LogP contribution in [-0.2, 0) is 14.3 Å². The topological polar surface area (TPSA) is 69.3 Å². The number of amides is 1. The molecule has 0 aliphatic carbocycles. The minimum atomic E-state index is -0.451. The van der Waals surface area contributed by atoms with E-state index in [1.165, 1.54) is 0 Å². The highest BCUT2D eigenvalue weighted by molar-refractivity contribution is 5.81. The van der Waals surface area contributed by atoms with E-state index in [4.69, 9.17) is 18.9 Å². The maximum Gasteiger partial charge on any atom is 0.241 e. The number of benzene rings is 1. The molecule has 2 saturated heterocycles. The van der Waals surface area contributed by atoms with Crippen molar-refractivity contribution in [1.82, 2.24) is 4.90 Å². The normalized spacial score (nSPS) is 19.3. The van der Waals surface area contributed by atoms with Gasteiger partial charge in [0.2, 0.25) is 5.91 Å². The van der Waals surface area contributed by atoms with Gasteiger partial charge in [-0.3, -0.25) is 4.79 Å². The van der Waals surface area contributed by atoms with E-state index >= 15 is 0 Å². The monoisotopic (exact) mass is 336 g/mol. The number of rotatable bonds is 5. The van der Waals surface area contributed by atoms with Gasteiger partial charge in [0.25, 0.3) is 0 Å². The van der Waals surface area contributed by atoms with Crippen LogP contribution in [0, 0.1) is 0 Å². The fraction of sp³-hybridized carbons (Fsp3) is 0.588. The van der Waals surface area contributed by atoms with Crippen LogP contribution >= 0.6 is 0 Å². The summed E-state index contributed by atoms with van der Waals surface area (Å²) in [5, 5.41) is 3.14. The van der Waals surface area contributed by atoms with Crippen molar-refractivity contribution in [3.05, 3.63) is 18.2 Å². The Morgan fingerprint density at radius 3 is 2.46 bits per heavy atom. The van der Waals surface area contributed by atoms with Gasteiger partial charge in [-0.25, -0.2) is 0 Å². The number of carbonyl (C=O) groups excluding carboxylic acids is 1. The molecule has 132 valence electrons. The Bertz CT molecular complexity index is 576. The quantitative estimate of drug-likeness (QED) is 0.878. The van der Waals surface area contributed by atoms with Crippen LogP contribution in [0.1, 0.15) is 12.8 Å². The van der Waals surface area contributed by atoms with E-state index in [0.717, 1.165) is 18.5 Å². The summed E-state index contributed by atoms with van der Waals surface area (Å²) in [5.74, 6) is 0.906. The number of ether oxygens (including phenoxy) is 4. The van der Waals surface area contributed by atoms with Crippen LogP contribution in [0.3, 0.4) is 0 Å². The molecule has 3 rings (SSSR count). The highest BCUT2D eigenvalue weighted by atomic mass is 16.7. The van der Waals surface area contributed by atoms with Crippen LogP contribution in [0.4, 0.5) is 5.69 Å². The number of nitrogens with one attached hydrogen (secondary N) is 1. The first-order valence-corrected chi connectivity index (χ1v) is 8.17. The number of piperidine rings is 1. The zero-order valence-corrected chi connectivity index (χ0v) is 14.2. The van der Waals surface area contributed by atoms with Gasteiger partial charge in [-0.1, -0.05) is 0 Å². The maximum absolute atomic E-state index is 12.4. The zero-order chi connectivity index (χ0) is 17.0. The molecule has 0 saturated carbocycles. The molecule has 1 N–H and O–H groups in total.